The minimum Gasteiger partial charge on any atom is -0.493 e. The Labute approximate surface area is 147 Å². The summed E-state index contributed by atoms with van der Waals surface area (Å²) in [4.78, 5) is 38.1. The summed E-state index contributed by atoms with van der Waals surface area (Å²) in [5, 5.41) is 0. The van der Waals surface area contributed by atoms with Gasteiger partial charge in [0.2, 0.25) is 0 Å². The summed E-state index contributed by atoms with van der Waals surface area (Å²) in [5.41, 5.74) is -1.43. The summed E-state index contributed by atoms with van der Waals surface area (Å²) in [5.74, 6) is 1.44. The predicted molar refractivity (Wildman–Crippen MR) is 95.7 cm³/mol. The molecular weight excluding hydrogens is 338 g/mol. The number of para-hydroxylation sites is 1. The molecule has 1 N–H and O–H groups in total. The zero-order valence-corrected chi connectivity index (χ0v) is 14.5. The second kappa shape index (κ2) is 6.75. The van der Waals surface area contributed by atoms with Crippen LogP contribution in [-0.2, 0) is 7.05 Å². The van der Waals surface area contributed by atoms with Gasteiger partial charge in [0.1, 0.15) is 5.75 Å². The lowest BCUT2D eigenvalue weighted by Gasteiger charge is -2.15. The average molecular weight is 355 g/mol. The second-order valence-electron chi connectivity index (χ2n) is 5.62. The van der Waals surface area contributed by atoms with Crippen molar-refractivity contribution < 1.29 is 9.47 Å². The van der Waals surface area contributed by atoms with Crippen molar-refractivity contribution in [1.29, 1.82) is 0 Å². The Balaban J connectivity index is 2.17. The SMILES string of the molecule is COc1cc(-n2c(=O)[nH]c(=O)n(C)c2=O)cc(C)c1Oc1ccccc1. The van der Waals surface area contributed by atoms with Gasteiger partial charge >= 0.3 is 17.1 Å². The molecule has 8 heteroatoms. The highest BCUT2D eigenvalue weighted by molar-refractivity contribution is 5.55. The number of hydrogen-bond donors (Lipinski definition) is 1. The number of H-pyrrole nitrogens is 1. The summed E-state index contributed by atoms with van der Waals surface area (Å²) < 4.78 is 12.9. The molecule has 3 aromatic rings. The Morgan fingerprint density at radius 3 is 2.35 bits per heavy atom. The van der Waals surface area contributed by atoms with Gasteiger partial charge in [-0.3, -0.25) is 4.98 Å². The number of benzene rings is 2. The van der Waals surface area contributed by atoms with Gasteiger partial charge < -0.3 is 9.47 Å². The van der Waals surface area contributed by atoms with Crippen molar-refractivity contribution in [2.45, 2.75) is 6.92 Å². The molecule has 8 nitrogen and oxygen atoms in total. The topological polar surface area (TPSA) is 95.3 Å². The molecule has 0 atom stereocenters. The van der Waals surface area contributed by atoms with Crippen LogP contribution in [0.25, 0.3) is 5.69 Å². The predicted octanol–water partition coefficient (Wildman–Crippen LogP) is 1.33. The molecule has 3 rings (SSSR count). The Morgan fingerprint density at radius 1 is 1.00 bits per heavy atom. The Morgan fingerprint density at radius 2 is 1.69 bits per heavy atom. The molecule has 0 fully saturated rings. The number of rotatable bonds is 4. The van der Waals surface area contributed by atoms with Crippen molar-refractivity contribution >= 4 is 0 Å². The van der Waals surface area contributed by atoms with Crippen LogP contribution >= 0.6 is 0 Å². The van der Waals surface area contributed by atoms with Crippen LogP contribution in [0.5, 0.6) is 17.2 Å². The molecule has 1 aromatic heterocycles. The quantitative estimate of drug-likeness (QED) is 0.762. The minimum atomic E-state index is -0.823. The molecule has 0 radical (unpaired) electrons. The molecule has 0 bridgehead atoms. The van der Waals surface area contributed by atoms with Crippen molar-refractivity contribution in [2.24, 2.45) is 7.05 Å². The van der Waals surface area contributed by atoms with Gasteiger partial charge in [0.25, 0.3) is 0 Å². The highest BCUT2D eigenvalue weighted by Crippen LogP contribution is 2.36. The summed E-state index contributed by atoms with van der Waals surface area (Å²) in [7, 11) is 2.75. The van der Waals surface area contributed by atoms with Crippen LogP contribution in [0.15, 0.2) is 56.8 Å². The highest BCUT2D eigenvalue weighted by Gasteiger charge is 2.16. The first-order chi connectivity index (χ1) is 12.4. The highest BCUT2D eigenvalue weighted by atomic mass is 16.5. The van der Waals surface area contributed by atoms with Gasteiger partial charge in [-0.1, -0.05) is 18.2 Å². The molecule has 26 heavy (non-hydrogen) atoms. The molecule has 0 aliphatic carbocycles. The second-order valence-corrected chi connectivity index (χ2v) is 5.62. The number of aryl methyl sites for hydroxylation is 1. The fourth-order valence-corrected chi connectivity index (χ4v) is 2.52. The first-order valence-electron chi connectivity index (χ1n) is 7.76. The van der Waals surface area contributed by atoms with E-state index in [1.54, 1.807) is 25.1 Å². The van der Waals surface area contributed by atoms with E-state index in [4.69, 9.17) is 9.47 Å². The van der Waals surface area contributed by atoms with E-state index in [1.165, 1.54) is 20.2 Å². The number of methoxy groups -OCH3 is 1. The smallest absolute Gasteiger partial charge is 0.340 e. The zero-order valence-electron chi connectivity index (χ0n) is 14.5. The van der Waals surface area contributed by atoms with Crippen molar-refractivity contribution in [3.8, 4) is 22.9 Å². The molecular formula is C18H17N3O5. The number of aromatic nitrogens is 3. The summed E-state index contributed by atoms with van der Waals surface area (Å²) >= 11 is 0. The molecule has 0 saturated carbocycles. The van der Waals surface area contributed by atoms with Crippen molar-refractivity contribution in [2.75, 3.05) is 7.11 Å². The maximum Gasteiger partial charge on any atom is 0.340 e. The van der Waals surface area contributed by atoms with E-state index in [0.717, 1.165) is 9.13 Å². The molecule has 134 valence electrons. The van der Waals surface area contributed by atoms with Crippen molar-refractivity contribution in [3.05, 3.63) is 79.5 Å². The largest absolute Gasteiger partial charge is 0.493 e. The molecule has 0 aliphatic rings. The first-order valence-corrected chi connectivity index (χ1v) is 7.76. The van der Waals surface area contributed by atoms with Gasteiger partial charge in [-0.2, -0.15) is 0 Å². The third-order valence-electron chi connectivity index (χ3n) is 3.87. The fourth-order valence-electron chi connectivity index (χ4n) is 2.52. The van der Waals surface area contributed by atoms with Gasteiger partial charge in [-0.15, -0.1) is 0 Å². The van der Waals surface area contributed by atoms with E-state index in [-0.39, 0.29) is 5.69 Å². The average Bonchev–Trinajstić information content (AvgIpc) is 2.62. The van der Waals surface area contributed by atoms with Gasteiger partial charge in [0.15, 0.2) is 11.5 Å². The number of nitrogens with zero attached hydrogens (tertiary/aromatic N) is 2. The number of hydrogen-bond acceptors (Lipinski definition) is 5. The van der Waals surface area contributed by atoms with Gasteiger partial charge in [0.05, 0.1) is 12.8 Å². The van der Waals surface area contributed by atoms with E-state index >= 15 is 0 Å². The Bertz CT molecular complexity index is 1130. The van der Waals surface area contributed by atoms with Gasteiger partial charge in [-0.25, -0.2) is 23.5 Å². The number of nitrogens with one attached hydrogen (secondary N) is 1. The maximum absolute atomic E-state index is 12.3. The monoisotopic (exact) mass is 355 g/mol. The van der Waals surface area contributed by atoms with Crippen molar-refractivity contribution in [1.82, 2.24) is 14.1 Å². The maximum atomic E-state index is 12.3. The number of ether oxygens (including phenoxy) is 2. The van der Waals surface area contributed by atoms with E-state index in [0.29, 0.717) is 22.8 Å². The number of aromatic amines is 1. The van der Waals surface area contributed by atoms with Gasteiger partial charge in [0, 0.05) is 13.1 Å². The standard InChI is InChI=1S/C18H17N3O5/c1-11-9-12(21-17(23)19-16(22)20(2)18(21)24)10-14(25-3)15(11)26-13-7-5-4-6-8-13/h4-10H,1-3H3,(H,19,22,23). The molecule has 0 aliphatic heterocycles. The summed E-state index contributed by atoms with van der Waals surface area (Å²) in [6, 6.07) is 12.3. The van der Waals surface area contributed by atoms with E-state index < -0.39 is 17.1 Å². The van der Waals surface area contributed by atoms with Crippen LogP contribution in [-0.4, -0.2) is 21.2 Å². The van der Waals surface area contributed by atoms with Crippen LogP contribution in [0.1, 0.15) is 5.56 Å². The van der Waals surface area contributed by atoms with Crippen LogP contribution in [0.4, 0.5) is 0 Å². The van der Waals surface area contributed by atoms with E-state index in [9.17, 15) is 14.4 Å². The summed E-state index contributed by atoms with van der Waals surface area (Å²) in [6.07, 6.45) is 0. The third-order valence-corrected chi connectivity index (χ3v) is 3.87. The molecule has 1 heterocycles. The van der Waals surface area contributed by atoms with Crippen molar-refractivity contribution in [3.63, 3.8) is 0 Å². The lowest BCUT2D eigenvalue weighted by molar-refractivity contribution is 0.377. The van der Waals surface area contributed by atoms with Crippen LogP contribution in [0, 0.1) is 6.92 Å². The van der Waals surface area contributed by atoms with E-state index in [1.807, 2.05) is 18.2 Å². The Hall–Kier alpha value is -3.55. The Kier molecular flexibility index (Phi) is 4.49. The molecule has 0 saturated heterocycles. The molecule has 0 spiro atoms. The minimum absolute atomic E-state index is 0.265. The fraction of sp³-hybridized carbons (Fsp3) is 0.167. The first kappa shape index (κ1) is 17.3. The van der Waals surface area contributed by atoms with Crippen LogP contribution in [0.2, 0.25) is 0 Å². The lowest BCUT2D eigenvalue weighted by Crippen LogP contribution is -2.47. The van der Waals surface area contributed by atoms with Gasteiger partial charge in [-0.05, 0) is 30.7 Å². The molecule has 0 amide bonds. The zero-order chi connectivity index (χ0) is 18.8. The molecule has 0 unspecified atom stereocenters. The third kappa shape index (κ3) is 3.04. The lowest BCUT2D eigenvalue weighted by atomic mass is 10.1. The van der Waals surface area contributed by atoms with E-state index in [2.05, 4.69) is 4.98 Å². The van der Waals surface area contributed by atoms with Crippen LogP contribution < -0.4 is 26.5 Å². The molecule has 2 aromatic carbocycles. The van der Waals surface area contributed by atoms with Crippen LogP contribution in [0.3, 0.4) is 0 Å². The summed E-state index contributed by atoms with van der Waals surface area (Å²) in [6.45, 7) is 1.77. The normalized spacial score (nSPS) is 10.6.